The Balaban J connectivity index is 1.70. The van der Waals surface area contributed by atoms with Crippen molar-refractivity contribution in [3.63, 3.8) is 0 Å². The SMILES string of the molecule is O=C(O)[C@@H]1C[C@@H]2CN(c3ccc(C(F)(F)F)cc3)c3cccnc3N2C1. The summed E-state index contributed by atoms with van der Waals surface area (Å²) in [4.78, 5) is 19.7. The predicted molar refractivity (Wildman–Crippen MR) is 89.6 cm³/mol. The molecule has 1 aromatic carbocycles. The number of halogens is 3. The number of hydrogen-bond acceptors (Lipinski definition) is 4. The van der Waals surface area contributed by atoms with Gasteiger partial charge in [-0.15, -0.1) is 0 Å². The molecule has 0 amide bonds. The maximum atomic E-state index is 12.8. The lowest BCUT2D eigenvalue weighted by Gasteiger charge is -2.40. The molecule has 0 bridgehead atoms. The van der Waals surface area contributed by atoms with E-state index in [1.807, 2.05) is 15.9 Å². The predicted octanol–water partition coefficient (Wildman–Crippen LogP) is 3.53. The number of aliphatic carboxylic acids is 1. The van der Waals surface area contributed by atoms with Crippen LogP contribution in [0.3, 0.4) is 0 Å². The Morgan fingerprint density at radius 2 is 1.88 bits per heavy atom. The smallest absolute Gasteiger partial charge is 0.416 e. The van der Waals surface area contributed by atoms with Gasteiger partial charge in [-0.3, -0.25) is 4.79 Å². The number of carboxylic acid groups (broad SMARTS) is 1. The van der Waals surface area contributed by atoms with Crippen molar-refractivity contribution in [2.75, 3.05) is 22.9 Å². The van der Waals surface area contributed by atoms with Crippen LogP contribution in [0.25, 0.3) is 0 Å². The standard InChI is InChI=1S/C18H16F3N3O2/c19-18(20,21)12-3-5-13(6-4-12)23-10-14-8-11(17(25)26)9-24(14)16-15(23)2-1-7-22-16/h1-7,11,14H,8-10H2,(H,25,26)/t11-,14-/m1/s1. The van der Waals surface area contributed by atoms with Gasteiger partial charge in [0, 0.05) is 31.0 Å². The zero-order valence-electron chi connectivity index (χ0n) is 13.6. The van der Waals surface area contributed by atoms with Crippen molar-refractivity contribution < 1.29 is 23.1 Å². The number of carbonyl (C=O) groups is 1. The zero-order chi connectivity index (χ0) is 18.5. The van der Waals surface area contributed by atoms with Gasteiger partial charge in [-0.25, -0.2) is 4.98 Å². The molecule has 1 aromatic heterocycles. The van der Waals surface area contributed by atoms with E-state index in [-0.39, 0.29) is 6.04 Å². The van der Waals surface area contributed by atoms with Gasteiger partial charge in [0.15, 0.2) is 5.82 Å². The number of benzene rings is 1. The molecule has 3 heterocycles. The second kappa shape index (κ2) is 5.89. The Morgan fingerprint density at radius 3 is 2.54 bits per heavy atom. The monoisotopic (exact) mass is 363 g/mol. The molecule has 0 spiro atoms. The second-order valence-electron chi connectivity index (χ2n) is 6.58. The molecular weight excluding hydrogens is 347 g/mol. The van der Waals surface area contributed by atoms with Crippen LogP contribution in [0, 0.1) is 5.92 Å². The molecule has 2 aliphatic heterocycles. The molecule has 0 saturated carbocycles. The molecule has 2 atom stereocenters. The maximum absolute atomic E-state index is 12.8. The second-order valence-corrected chi connectivity index (χ2v) is 6.58. The first-order valence-electron chi connectivity index (χ1n) is 8.24. The van der Waals surface area contributed by atoms with Crippen molar-refractivity contribution in [2.24, 2.45) is 5.92 Å². The summed E-state index contributed by atoms with van der Waals surface area (Å²) in [6.45, 7) is 0.901. The molecule has 2 aliphatic rings. The van der Waals surface area contributed by atoms with Crippen LogP contribution in [-0.2, 0) is 11.0 Å². The molecule has 8 heteroatoms. The van der Waals surface area contributed by atoms with Gasteiger partial charge in [0.05, 0.1) is 17.2 Å². The van der Waals surface area contributed by atoms with E-state index < -0.39 is 23.6 Å². The first-order valence-corrected chi connectivity index (χ1v) is 8.24. The molecule has 1 fully saturated rings. The molecule has 1 saturated heterocycles. The summed E-state index contributed by atoms with van der Waals surface area (Å²) >= 11 is 0. The lowest BCUT2D eigenvalue weighted by atomic mass is 10.0. The third-order valence-corrected chi connectivity index (χ3v) is 4.99. The first kappa shape index (κ1) is 16.7. The lowest BCUT2D eigenvalue weighted by Crippen LogP contribution is -2.44. The molecule has 26 heavy (non-hydrogen) atoms. The Kier molecular flexibility index (Phi) is 3.78. The summed E-state index contributed by atoms with van der Waals surface area (Å²) in [5, 5.41) is 9.33. The fourth-order valence-corrected chi connectivity index (χ4v) is 3.73. The molecule has 0 radical (unpaired) electrons. The normalized spacial score (nSPS) is 22.1. The first-order chi connectivity index (χ1) is 12.3. The summed E-state index contributed by atoms with van der Waals surface area (Å²) in [6.07, 6.45) is -2.25. The number of hydrogen-bond donors (Lipinski definition) is 1. The van der Waals surface area contributed by atoms with Crippen molar-refractivity contribution >= 4 is 23.2 Å². The molecular formula is C18H16F3N3O2. The highest BCUT2D eigenvalue weighted by atomic mass is 19.4. The van der Waals surface area contributed by atoms with E-state index in [9.17, 15) is 23.1 Å². The van der Waals surface area contributed by atoms with E-state index in [1.165, 1.54) is 12.1 Å². The molecule has 5 nitrogen and oxygen atoms in total. The van der Waals surface area contributed by atoms with E-state index in [4.69, 9.17) is 0 Å². The fourth-order valence-electron chi connectivity index (χ4n) is 3.73. The summed E-state index contributed by atoms with van der Waals surface area (Å²) in [7, 11) is 0. The average Bonchev–Trinajstić information content (AvgIpc) is 3.05. The minimum Gasteiger partial charge on any atom is -0.481 e. The molecule has 0 aliphatic carbocycles. The highest BCUT2D eigenvalue weighted by Gasteiger charge is 2.42. The number of nitrogens with zero attached hydrogens (tertiary/aromatic N) is 3. The summed E-state index contributed by atoms with van der Waals surface area (Å²) in [5.41, 5.74) is 0.707. The Morgan fingerprint density at radius 1 is 1.15 bits per heavy atom. The topological polar surface area (TPSA) is 56.7 Å². The van der Waals surface area contributed by atoms with Gasteiger partial charge in [-0.05, 0) is 42.8 Å². The quantitative estimate of drug-likeness (QED) is 0.885. The van der Waals surface area contributed by atoms with Crippen LogP contribution in [0.5, 0.6) is 0 Å². The van der Waals surface area contributed by atoms with Crippen LogP contribution < -0.4 is 9.80 Å². The summed E-state index contributed by atoms with van der Waals surface area (Å²) in [6, 6.07) is 8.59. The third-order valence-electron chi connectivity index (χ3n) is 4.99. The molecule has 136 valence electrons. The largest absolute Gasteiger partial charge is 0.481 e. The molecule has 1 N–H and O–H groups in total. The summed E-state index contributed by atoms with van der Waals surface area (Å²) < 4.78 is 38.4. The van der Waals surface area contributed by atoms with Crippen molar-refractivity contribution in [2.45, 2.75) is 18.6 Å². The number of aromatic nitrogens is 1. The number of pyridine rings is 1. The average molecular weight is 363 g/mol. The van der Waals surface area contributed by atoms with Gasteiger partial charge in [-0.2, -0.15) is 13.2 Å². The number of carboxylic acids is 1. The van der Waals surface area contributed by atoms with Crippen molar-refractivity contribution in [3.8, 4) is 0 Å². The van der Waals surface area contributed by atoms with E-state index >= 15 is 0 Å². The number of alkyl halides is 3. The van der Waals surface area contributed by atoms with E-state index in [0.717, 1.165) is 17.8 Å². The Bertz CT molecular complexity index is 838. The van der Waals surface area contributed by atoms with Crippen molar-refractivity contribution in [1.82, 2.24) is 4.98 Å². The summed E-state index contributed by atoms with van der Waals surface area (Å²) in [5.74, 6) is -0.632. The Labute approximate surface area is 147 Å². The lowest BCUT2D eigenvalue weighted by molar-refractivity contribution is -0.141. The van der Waals surface area contributed by atoms with Crippen LogP contribution in [0.1, 0.15) is 12.0 Å². The minimum atomic E-state index is -4.38. The molecule has 0 unspecified atom stereocenters. The number of anilines is 3. The molecule has 2 aromatic rings. The van der Waals surface area contributed by atoms with Gasteiger partial charge in [0.1, 0.15) is 0 Å². The van der Waals surface area contributed by atoms with Gasteiger partial charge >= 0.3 is 12.1 Å². The fraction of sp³-hybridized carbons (Fsp3) is 0.333. The number of rotatable bonds is 2. The zero-order valence-corrected chi connectivity index (χ0v) is 13.6. The van der Waals surface area contributed by atoms with Crippen molar-refractivity contribution in [3.05, 3.63) is 48.2 Å². The minimum absolute atomic E-state index is 0.0409. The van der Waals surface area contributed by atoms with Gasteiger partial charge in [-0.1, -0.05) is 0 Å². The van der Waals surface area contributed by atoms with E-state index in [1.54, 1.807) is 12.3 Å². The van der Waals surface area contributed by atoms with E-state index in [0.29, 0.717) is 31.0 Å². The van der Waals surface area contributed by atoms with Crippen LogP contribution in [-0.4, -0.2) is 35.2 Å². The highest BCUT2D eigenvalue weighted by Crippen LogP contribution is 2.43. The van der Waals surface area contributed by atoms with Gasteiger partial charge < -0.3 is 14.9 Å². The highest BCUT2D eigenvalue weighted by molar-refractivity contribution is 5.80. The third kappa shape index (κ3) is 2.75. The van der Waals surface area contributed by atoms with Crippen LogP contribution >= 0.6 is 0 Å². The van der Waals surface area contributed by atoms with Crippen molar-refractivity contribution in [1.29, 1.82) is 0 Å². The van der Waals surface area contributed by atoms with Gasteiger partial charge in [0.2, 0.25) is 0 Å². The van der Waals surface area contributed by atoms with Gasteiger partial charge in [0.25, 0.3) is 0 Å². The van der Waals surface area contributed by atoms with Crippen LogP contribution in [0.4, 0.5) is 30.4 Å². The van der Waals surface area contributed by atoms with E-state index in [2.05, 4.69) is 4.98 Å². The Hall–Kier alpha value is -2.77. The van der Waals surface area contributed by atoms with Crippen LogP contribution in [0.15, 0.2) is 42.6 Å². The number of fused-ring (bicyclic) bond motifs is 3. The molecule has 4 rings (SSSR count). The van der Waals surface area contributed by atoms with Crippen LogP contribution in [0.2, 0.25) is 0 Å². The maximum Gasteiger partial charge on any atom is 0.416 e.